The Labute approximate surface area is 191 Å². The third-order valence-corrected chi connectivity index (χ3v) is 6.87. The molecule has 0 saturated carbocycles. The fourth-order valence-corrected chi connectivity index (χ4v) is 5.18. The molecule has 0 atom stereocenters. The van der Waals surface area contributed by atoms with Gasteiger partial charge in [-0.1, -0.05) is 27.5 Å². The van der Waals surface area contributed by atoms with E-state index < -0.39 is 5.97 Å². The first kappa shape index (κ1) is 20.9. The lowest BCUT2D eigenvalue weighted by Gasteiger charge is -2.18. The number of halogens is 2. The Morgan fingerprint density at radius 2 is 2.00 bits per heavy atom. The van der Waals surface area contributed by atoms with Gasteiger partial charge in [0, 0.05) is 28.4 Å². The molecule has 154 valence electrons. The lowest BCUT2D eigenvalue weighted by molar-refractivity contribution is 0.0600. The molecule has 8 heteroatoms. The van der Waals surface area contributed by atoms with Crippen LogP contribution >= 0.6 is 38.9 Å². The van der Waals surface area contributed by atoms with Crippen molar-refractivity contribution < 1.29 is 19.1 Å². The van der Waals surface area contributed by atoms with Crippen molar-refractivity contribution in [3.63, 3.8) is 0 Å². The van der Waals surface area contributed by atoms with Crippen LogP contribution in [0.3, 0.4) is 0 Å². The lowest BCUT2D eigenvalue weighted by Crippen LogP contribution is -2.25. The summed E-state index contributed by atoms with van der Waals surface area (Å²) < 4.78 is 11.5. The molecule has 0 unspecified atom stereocenters. The first-order valence-electron chi connectivity index (χ1n) is 9.10. The number of carbonyl (C=O) groups excluding carboxylic acids is 2. The van der Waals surface area contributed by atoms with Crippen LogP contribution < -0.4 is 9.64 Å². The maximum Gasteiger partial charge on any atom is 0.337 e. The van der Waals surface area contributed by atoms with Crippen LogP contribution in [0.5, 0.6) is 5.75 Å². The Kier molecular flexibility index (Phi) is 5.86. The summed E-state index contributed by atoms with van der Waals surface area (Å²) in [5.41, 5.74) is 2.92. The maximum absolute atomic E-state index is 13.2. The van der Waals surface area contributed by atoms with Crippen LogP contribution in [0.1, 0.15) is 25.6 Å². The molecule has 1 aliphatic rings. The zero-order chi connectivity index (χ0) is 21.4. The molecule has 1 aromatic heterocycles. The summed E-state index contributed by atoms with van der Waals surface area (Å²) in [6.45, 7) is 0.553. The Morgan fingerprint density at radius 3 is 2.73 bits per heavy atom. The van der Waals surface area contributed by atoms with Gasteiger partial charge in [-0.15, -0.1) is 11.3 Å². The number of anilines is 1. The normalized spacial score (nSPS) is 12.3. The van der Waals surface area contributed by atoms with Gasteiger partial charge in [-0.2, -0.15) is 0 Å². The van der Waals surface area contributed by atoms with Gasteiger partial charge in [0.25, 0.3) is 5.91 Å². The number of methoxy groups -OCH3 is 1. The van der Waals surface area contributed by atoms with E-state index in [2.05, 4.69) is 15.9 Å². The van der Waals surface area contributed by atoms with Crippen LogP contribution in [-0.4, -0.2) is 32.6 Å². The molecule has 30 heavy (non-hydrogen) atoms. The molecule has 0 radical (unpaired) electrons. The van der Waals surface area contributed by atoms with Gasteiger partial charge in [-0.25, -0.2) is 4.79 Å². The van der Waals surface area contributed by atoms with E-state index in [1.54, 1.807) is 19.2 Å². The minimum atomic E-state index is -0.480. The minimum Gasteiger partial charge on any atom is -0.493 e. The standard InChI is InChI=1S/C22H17BrClNO4S/c1-25(17-6-3-13(9-16(17)24)22(27)28-2)21(26)19-10-12-7-8-29-18-11-14(23)4-5-15(18)20(12)30-19/h3-6,9-11H,7-8H2,1-2H3. The molecule has 2 aromatic carbocycles. The van der Waals surface area contributed by atoms with E-state index in [1.807, 2.05) is 24.3 Å². The van der Waals surface area contributed by atoms with Crippen LogP contribution in [0, 0.1) is 0 Å². The number of ether oxygens (including phenoxy) is 2. The van der Waals surface area contributed by atoms with Gasteiger partial charge in [0.2, 0.25) is 0 Å². The van der Waals surface area contributed by atoms with Gasteiger partial charge >= 0.3 is 5.97 Å². The summed E-state index contributed by atoms with van der Waals surface area (Å²) in [7, 11) is 2.98. The molecule has 5 nitrogen and oxygen atoms in total. The van der Waals surface area contributed by atoms with Crippen molar-refractivity contribution in [2.24, 2.45) is 0 Å². The summed E-state index contributed by atoms with van der Waals surface area (Å²) in [5, 5.41) is 0.301. The number of thiophene rings is 1. The minimum absolute atomic E-state index is 0.166. The fourth-order valence-electron chi connectivity index (χ4n) is 3.32. The van der Waals surface area contributed by atoms with Gasteiger partial charge in [0.05, 0.1) is 34.9 Å². The molecular weight excluding hydrogens is 490 g/mol. The quantitative estimate of drug-likeness (QED) is 0.420. The van der Waals surface area contributed by atoms with Gasteiger partial charge < -0.3 is 14.4 Å². The van der Waals surface area contributed by atoms with E-state index in [9.17, 15) is 9.59 Å². The molecule has 2 heterocycles. The number of carbonyl (C=O) groups is 2. The van der Waals surface area contributed by atoms with Crippen molar-refractivity contribution in [1.29, 1.82) is 0 Å². The molecule has 0 bridgehead atoms. The van der Waals surface area contributed by atoms with Gasteiger partial charge in [-0.3, -0.25) is 4.79 Å². The number of amides is 1. The van der Waals surface area contributed by atoms with Crippen LogP contribution in [0.15, 0.2) is 46.9 Å². The van der Waals surface area contributed by atoms with Crippen LogP contribution in [0.25, 0.3) is 10.4 Å². The maximum atomic E-state index is 13.2. The first-order chi connectivity index (χ1) is 14.4. The number of hydrogen-bond acceptors (Lipinski definition) is 5. The SMILES string of the molecule is COC(=O)c1ccc(N(C)C(=O)c2cc3c(s2)-c2ccc(Br)cc2OCC3)c(Cl)c1. The zero-order valence-electron chi connectivity index (χ0n) is 16.2. The number of esters is 1. The van der Waals surface area contributed by atoms with E-state index in [-0.39, 0.29) is 5.91 Å². The second-order valence-electron chi connectivity index (χ2n) is 6.73. The van der Waals surface area contributed by atoms with E-state index >= 15 is 0 Å². The predicted octanol–water partition coefficient (Wildman–Crippen LogP) is 5.83. The van der Waals surface area contributed by atoms with Crippen LogP contribution in [-0.2, 0) is 11.2 Å². The number of fused-ring (bicyclic) bond motifs is 3. The van der Waals surface area contributed by atoms with Crippen molar-refractivity contribution in [3.05, 3.63) is 68.0 Å². The first-order valence-corrected chi connectivity index (χ1v) is 11.1. The van der Waals surface area contributed by atoms with Crippen molar-refractivity contribution in [2.75, 3.05) is 25.7 Å². The molecule has 1 amide bonds. The highest BCUT2D eigenvalue weighted by molar-refractivity contribution is 9.10. The number of benzene rings is 2. The van der Waals surface area contributed by atoms with Crippen molar-refractivity contribution in [3.8, 4) is 16.2 Å². The average molecular weight is 507 g/mol. The van der Waals surface area contributed by atoms with E-state index in [0.717, 1.165) is 32.6 Å². The van der Waals surface area contributed by atoms with Crippen molar-refractivity contribution >= 4 is 56.4 Å². The molecule has 0 aliphatic carbocycles. The smallest absolute Gasteiger partial charge is 0.337 e. The van der Waals surface area contributed by atoms with E-state index in [0.29, 0.717) is 27.8 Å². The Bertz CT molecular complexity index is 1160. The molecular formula is C22H17BrClNO4S. The lowest BCUT2D eigenvalue weighted by atomic mass is 10.1. The monoisotopic (exact) mass is 505 g/mol. The molecule has 0 fully saturated rings. The number of rotatable bonds is 3. The second kappa shape index (κ2) is 8.41. The number of nitrogens with zero attached hydrogens (tertiary/aromatic N) is 1. The summed E-state index contributed by atoms with van der Waals surface area (Å²) in [6, 6.07) is 12.6. The molecule has 0 N–H and O–H groups in total. The van der Waals surface area contributed by atoms with Crippen molar-refractivity contribution in [1.82, 2.24) is 0 Å². The van der Waals surface area contributed by atoms with Gasteiger partial charge in [0.15, 0.2) is 0 Å². The third kappa shape index (κ3) is 3.85. The second-order valence-corrected chi connectivity index (χ2v) is 9.10. The summed E-state index contributed by atoms with van der Waals surface area (Å²) >= 11 is 11.3. The molecule has 0 spiro atoms. The van der Waals surface area contributed by atoms with Crippen molar-refractivity contribution in [2.45, 2.75) is 6.42 Å². The van der Waals surface area contributed by atoms with Crippen LogP contribution in [0.2, 0.25) is 5.02 Å². The van der Waals surface area contributed by atoms with Gasteiger partial charge in [0.1, 0.15) is 5.75 Å². The molecule has 1 aliphatic heterocycles. The van der Waals surface area contributed by atoms with Crippen LogP contribution in [0.4, 0.5) is 5.69 Å². The average Bonchev–Trinajstić information content (AvgIpc) is 3.08. The highest BCUT2D eigenvalue weighted by Gasteiger charge is 2.24. The highest BCUT2D eigenvalue weighted by atomic mass is 79.9. The Balaban J connectivity index is 1.66. The van der Waals surface area contributed by atoms with E-state index in [1.165, 1.54) is 29.4 Å². The Morgan fingerprint density at radius 1 is 1.20 bits per heavy atom. The topological polar surface area (TPSA) is 55.8 Å². The zero-order valence-corrected chi connectivity index (χ0v) is 19.4. The number of hydrogen-bond donors (Lipinski definition) is 0. The molecule has 3 aromatic rings. The fraction of sp³-hybridized carbons (Fsp3) is 0.182. The summed E-state index contributed by atoms with van der Waals surface area (Å²) in [4.78, 5) is 28.0. The largest absolute Gasteiger partial charge is 0.493 e. The predicted molar refractivity (Wildman–Crippen MR) is 122 cm³/mol. The third-order valence-electron chi connectivity index (χ3n) is 4.87. The summed E-state index contributed by atoms with van der Waals surface area (Å²) in [5.74, 6) is 0.158. The molecule has 4 rings (SSSR count). The van der Waals surface area contributed by atoms with Gasteiger partial charge in [-0.05, 0) is 48.0 Å². The van der Waals surface area contributed by atoms with E-state index in [4.69, 9.17) is 21.1 Å². The Hall–Kier alpha value is -2.35. The highest BCUT2D eigenvalue weighted by Crippen LogP contribution is 2.42. The summed E-state index contributed by atoms with van der Waals surface area (Å²) in [6.07, 6.45) is 0.726. The molecule has 0 saturated heterocycles.